The summed E-state index contributed by atoms with van der Waals surface area (Å²) in [4.78, 5) is 0. The Hall–Kier alpha value is -0.990. The van der Waals surface area contributed by atoms with Gasteiger partial charge in [0.2, 0.25) is 0 Å². The van der Waals surface area contributed by atoms with E-state index in [0.29, 0.717) is 5.92 Å². The first-order valence-corrected chi connectivity index (χ1v) is 7.58. The molecule has 1 aromatic carbocycles. The lowest BCUT2D eigenvalue weighted by atomic mass is 9.96. The molecule has 1 N–H and O–H groups in total. The van der Waals surface area contributed by atoms with Crippen LogP contribution in [0.5, 0.6) is 0 Å². The van der Waals surface area contributed by atoms with Crippen molar-refractivity contribution in [1.29, 1.82) is 0 Å². The van der Waals surface area contributed by atoms with Gasteiger partial charge in [-0.15, -0.1) is 18.3 Å². The topological polar surface area (TPSA) is 20.2 Å². The number of rotatable bonds is 8. The van der Waals surface area contributed by atoms with Gasteiger partial charge in [0, 0.05) is 17.3 Å². The van der Waals surface area contributed by atoms with Crippen LogP contribution in [0.2, 0.25) is 0 Å². The second kappa shape index (κ2) is 8.23. The molecule has 1 atom stereocenters. The second-order valence-electron chi connectivity index (χ2n) is 5.22. The van der Waals surface area contributed by atoms with Gasteiger partial charge in [-0.1, -0.05) is 56.3 Å². The van der Waals surface area contributed by atoms with E-state index in [-0.39, 0.29) is 11.4 Å². The molecule has 0 amide bonds. The molecule has 0 radical (unpaired) electrons. The highest BCUT2D eigenvalue weighted by atomic mass is 32.2. The number of thioether (sulfide) groups is 1. The van der Waals surface area contributed by atoms with Crippen LogP contribution < -0.4 is 0 Å². The molecule has 0 bridgehead atoms. The first-order chi connectivity index (χ1) is 9.09. The molecule has 1 nitrogen and oxygen atoms in total. The predicted molar refractivity (Wildman–Crippen MR) is 86.5 cm³/mol. The van der Waals surface area contributed by atoms with Crippen molar-refractivity contribution in [2.75, 3.05) is 6.61 Å². The summed E-state index contributed by atoms with van der Waals surface area (Å²) in [5.74, 6) is 0.385. The van der Waals surface area contributed by atoms with Crippen LogP contribution in [0.4, 0.5) is 0 Å². The van der Waals surface area contributed by atoms with Crippen LogP contribution in [0.3, 0.4) is 0 Å². The van der Waals surface area contributed by atoms with Crippen molar-refractivity contribution in [2.45, 2.75) is 37.4 Å². The van der Waals surface area contributed by atoms with Gasteiger partial charge in [0.25, 0.3) is 0 Å². The summed E-state index contributed by atoms with van der Waals surface area (Å²) in [5.41, 5.74) is 1.32. The molecule has 0 saturated carbocycles. The van der Waals surface area contributed by atoms with E-state index in [0.717, 1.165) is 12.8 Å². The molecule has 0 fully saturated rings. The molecular weight excluding hydrogens is 252 g/mol. The fourth-order valence-electron chi connectivity index (χ4n) is 1.85. The maximum atomic E-state index is 9.02. The molecule has 1 rings (SSSR count). The lowest BCUT2D eigenvalue weighted by Gasteiger charge is -2.21. The highest BCUT2D eigenvalue weighted by molar-refractivity contribution is 8.03. The third-order valence-electron chi connectivity index (χ3n) is 3.06. The van der Waals surface area contributed by atoms with Gasteiger partial charge >= 0.3 is 0 Å². The largest absolute Gasteiger partial charge is 0.396 e. The van der Waals surface area contributed by atoms with Gasteiger partial charge in [0.05, 0.1) is 0 Å². The van der Waals surface area contributed by atoms with Crippen LogP contribution in [0.25, 0.3) is 0 Å². The highest BCUT2D eigenvalue weighted by Crippen LogP contribution is 2.30. The summed E-state index contributed by atoms with van der Waals surface area (Å²) in [6.45, 7) is 8.39. The maximum Gasteiger partial charge on any atom is 0.0444 e. The minimum atomic E-state index is 0.0840. The van der Waals surface area contributed by atoms with Crippen molar-refractivity contribution in [1.82, 2.24) is 0 Å². The summed E-state index contributed by atoms with van der Waals surface area (Å²) in [7, 11) is 0. The van der Waals surface area contributed by atoms with Gasteiger partial charge in [-0.2, -0.15) is 0 Å². The summed E-state index contributed by atoms with van der Waals surface area (Å²) in [6, 6.07) is 10.5. The molecule has 1 aromatic rings. The van der Waals surface area contributed by atoms with Crippen LogP contribution in [0.1, 0.15) is 38.2 Å². The zero-order valence-corrected chi connectivity index (χ0v) is 12.7. The quantitative estimate of drug-likeness (QED) is 0.691. The lowest BCUT2D eigenvalue weighted by Crippen LogP contribution is -2.15. The van der Waals surface area contributed by atoms with Gasteiger partial charge in [-0.3, -0.25) is 0 Å². The van der Waals surface area contributed by atoms with Crippen molar-refractivity contribution in [3.63, 3.8) is 0 Å². The Labute approximate surface area is 121 Å². The average Bonchev–Trinajstić information content (AvgIpc) is 2.38. The van der Waals surface area contributed by atoms with E-state index in [1.807, 2.05) is 12.1 Å². The summed E-state index contributed by atoms with van der Waals surface area (Å²) in [5, 5.41) is 11.2. The number of hydrogen-bond donors (Lipinski definition) is 1. The molecule has 0 aliphatic heterocycles. The maximum absolute atomic E-state index is 9.02. The van der Waals surface area contributed by atoms with E-state index >= 15 is 0 Å². The molecule has 0 aliphatic rings. The average molecular weight is 276 g/mol. The fraction of sp³-hybridized carbons (Fsp3) is 0.412. The summed E-state index contributed by atoms with van der Waals surface area (Å²) >= 11 is 1.78. The van der Waals surface area contributed by atoms with Crippen LogP contribution in [0, 0.1) is 0 Å². The van der Waals surface area contributed by atoms with E-state index in [9.17, 15) is 0 Å². The van der Waals surface area contributed by atoms with Gasteiger partial charge in [-0.25, -0.2) is 0 Å². The van der Waals surface area contributed by atoms with E-state index < -0.39 is 0 Å². The Morgan fingerprint density at radius 3 is 2.58 bits per heavy atom. The molecule has 0 unspecified atom stereocenters. The predicted octanol–water partition coefficient (Wildman–Crippen LogP) is 4.75. The van der Waals surface area contributed by atoms with Crippen molar-refractivity contribution in [3.05, 3.63) is 60.0 Å². The second-order valence-corrected chi connectivity index (χ2v) is 6.83. The minimum absolute atomic E-state index is 0.0840. The molecule has 0 aliphatic carbocycles. The Bertz CT molecular complexity index is 395. The molecular formula is C17H24OS. The van der Waals surface area contributed by atoms with Crippen molar-refractivity contribution in [2.24, 2.45) is 0 Å². The van der Waals surface area contributed by atoms with Gasteiger partial charge in [0.1, 0.15) is 0 Å². The molecule has 0 aromatic heterocycles. The number of aliphatic hydroxyl groups is 1. The highest BCUT2D eigenvalue weighted by Gasteiger charge is 2.16. The third-order valence-corrected chi connectivity index (χ3v) is 4.20. The van der Waals surface area contributed by atoms with Crippen LogP contribution >= 0.6 is 11.8 Å². The third kappa shape index (κ3) is 6.13. The molecule has 0 spiro atoms. The molecule has 2 heteroatoms. The Kier molecular flexibility index (Phi) is 6.96. The van der Waals surface area contributed by atoms with Crippen molar-refractivity contribution in [3.8, 4) is 0 Å². The Balaban J connectivity index is 2.66. The normalized spacial score (nSPS) is 13.6. The lowest BCUT2D eigenvalue weighted by molar-refractivity contribution is 0.275. The number of hydrogen-bond acceptors (Lipinski definition) is 2. The van der Waals surface area contributed by atoms with E-state index in [4.69, 9.17) is 5.11 Å². The van der Waals surface area contributed by atoms with Gasteiger partial charge < -0.3 is 5.11 Å². The molecule has 0 saturated heterocycles. The van der Waals surface area contributed by atoms with E-state index in [1.54, 1.807) is 11.8 Å². The van der Waals surface area contributed by atoms with E-state index in [1.165, 1.54) is 5.56 Å². The molecule has 104 valence electrons. The minimum Gasteiger partial charge on any atom is -0.396 e. The first kappa shape index (κ1) is 16.1. The van der Waals surface area contributed by atoms with Crippen LogP contribution in [0.15, 0.2) is 54.5 Å². The fourth-order valence-corrected chi connectivity index (χ4v) is 2.70. The van der Waals surface area contributed by atoms with Crippen LogP contribution in [-0.4, -0.2) is 16.5 Å². The van der Waals surface area contributed by atoms with Crippen molar-refractivity contribution < 1.29 is 5.11 Å². The SMILES string of the molecule is C=CC[C@@H](/C=C/SC(C)(C)CCO)c1ccccc1. The number of allylic oxidation sites excluding steroid dienone is 2. The number of aliphatic hydroxyl groups excluding tert-OH is 1. The Morgan fingerprint density at radius 2 is 2.00 bits per heavy atom. The van der Waals surface area contributed by atoms with E-state index in [2.05, 4.69) is 56.2 Å². The van der Waals surface area contributed by atoms with Crippen LogP contribution in [-0.2, 0) is 0 Å². The summed E-state index contributed by atoms with van der Waals surface area (Å²) < 4.78 is 0.0840. The zero-order chi connectivity index (χ0) is 14.1. The van der Waals surface area contributed by atoms with Gasteiger partial charge in [0.15, 0.2) is 0 Å². The standard InChI is InChI=1S/C17H24OS/c1-4-8-15(16-9-6-5-7-10-16)11-14-19-17(2,3)12-13-18/h4-7,9-11,14-15,18H,1,8,12-13H2,2-3H3/b14-11+/t15-/m0/s1. The van der Waals surface area contributed by atoms with Gasteiger partial charge in [-0.05, 0) is 23.8 Å². The first-order valence-electron chi connectivity index (χ1n) is 6.70. The van der Waals surface area contributed by atoms with Crippen molar-refractivity contribution >= 4 is 11.8 Å². The number of benzene rings is 1. The Morgan fingerprint density at radius 1 is 1.32 bits per heavy atom. The molecule has 0 heterocycles. The zero-order valence-electron chi connectivity index (χ0n) is 11.9. The smallest absolute Gasteiger partial charge is 0.0444 e. The monoisotopic (exact) mass is 276 g/mol. The molecule has 19 heavy (non-hydrogen) atoms. The summed E-state index contributed by atoms with van der Waals surface area (Å²) in [6.07, 6.45) is 5.95.